The summed E-state index contributed by atoms with van der Waals surface area (Å²) >= 11 is 0. The summed E-state index contributed by atoms with van der Waals surface area (Å²) in [5.74, 6) is -1.57. The maximum Gasteiger partial charge on any atom is 0.417 e. The van der Waals surface area contributed by atoms with Gasteiger partial charge in [-0.3, -0.25) is 9.78 Å². The lowest BCUT2D eigenvalue weighted by Crippen LogP contribution is -2.39. The van der Waals surface area contributed by atoms with Crippen LogP contribution in [0.4, 0.5) is 0 Å². The van der Waals surface area contributed by atoms with Crippen LogP contribution in [0, 0.1) is 5.92 Å². The Kier molecular flexibility index (Phi) is 4.49. The first-order chi connectivity index (χ1) is 11.0. The second kappa shape index (κ2) is 6.55. The number of aliphatic hydroxyl groups is 1. The van der Waals surface area contributed by atoms with E-state index in [4.69, 9.17) is 9.52 Å². The van der Waals surface area contributed by atoms with Crippen molar-refractivity contribution in [3.63, 3.8) is 0 Å². The van der Waals surface area contributed by atoms with E-state index < -0.39 is 17.8 Å². The van der Waals surface area contributed by atoms with Gasteiger partial charge in [0.2, 0.25) is 0 Å². The number of carboxylic acid groups (broad SMARTS) is 1. The summed E-state index contributed by atoms with van der Waals surface area (Å²) in [5.41, 5.74) is 1.72. The highest BCUT2D eigenvalue weighted by atomic mass is 16.4. The third-order valence-corrected chi connectivity index (χ3v) is 4.40. The number of benzene rings is 1. The summed E-state index contributed by atoms with van der Waals surface area (Å²) in [6.07, 6.45) is 1.42. The van der Waals surface area contributed by atoms with Crippen LogP contribution in [0.1, 0.15) is 30.9 Å². The Bertz CT molecular complexity index is 750. The van der Waals surface area contributed by atoms with Crippen LogP contribution in [-0.4, -0.2) is 45.7 Å². The number of nitrogens with one attached hydrogen (secondary N) is 1. The number of carbonyl (C=O) groups is 1. The summed E-state index contributed by atoms with van der Waals surface area (Å²) in [4.78, 5) is 26.9. The molecule has 1 saturated heterocycles. The second-order valence-corrected chi connectivity index (χ2v) is 6.05. The van der Waals surface area contributed by atoms with E-state index in [1.165, 1.54) is 0 Å². The molecule has 1 aliphatic heterocycles. The molecule has 2 aromatic rings. The number of aliphatic hydroxyl groups excluding tert-OH is 1. The maximum absolute atomic E-state index is 11.1. The maximum atomic E-state index is 11.1. The van der Waals surface area contributed by atoms with Crippen LogP contribution < -0.4 is 5.76 Å². The van der Waals surface area contributed by atoms with Gasteiger partial charge >= 0.3 is 11.7 Å². The van der Waals surface area contributed by atoms with Crippen molar-refractivity contribution in [2.75, 3.05) is 19.6 Å². The molecule has 2 unspecified atom stereocenters. The lowest BCUT2D eigenvalue weighted by atomic mass is 9.97. The van der Waals surface area contributed by atoms with Gasteiger partial charge < -0.3 is 19.5 Å². The van der Waals surface area contributed by atoms with Crippen molar-refractivity contribution in [3.8, 4) is 0 Å². The van der Waals surface area contributed by atoms with E-state index in [1.807, 2.05) is 0 Å². The average molecular weight is 320 g/mol. The van der Waals surface area contributed by atoms with Gasteiger partial charge in [-0.25, -0.2) is 4.79 Å². The lowest BCUT2D eigenvalue weighted by Gasteiger charge is -2.31. The number of piperidine rings is 1. The minimum atomic E-state index is -0.747. The van der Waals surface area contributed by atoms with Gasteiger partial charge in [0.15, 0.2) is 5.58 Å². The number of fused-ring (bicyclic) bond motifs is 1. The van der Waals surface area contributed by atoms with Crippen molar-refractivity contribution in [1.82, 2.24) is 9.88 Å². The van der Waals surface area contributed by atoms with Crippen LogP contribution in [0.5, 0.6) is 0 Å². The molecule has 1 aromatic heterocycles. The van der Waals surface area contributed by atoms with Crippen molar-refractivity contribution in [1.29, 1.82) is 0 Å². The quantitative estimate of drug-likeness (QED) is 0.767. The van der Waals surface area contributed by atoms with Gasteiger partial charge in [-0.05, 0) is 43.5 Å². The smallest absolute Gasteiger partial charge is 0.417 e. The molecule has 7 heteroatoms. The largest absolute Gasteiger partial charge is 0.481 e. The summed E-state index contributed by atoms with van der Waals surface area (Å²) in [6, 6.07) is 5.13. The van der Waals surface area contributed by atoms with E-state index >= 15 is 0 Å². The van der Waals surface area contributed by atoms with E-state index in [0.29, 0.717) is 36.2 Å². The van der Waals surface area contributed by atoms with E-state index in [9.17, 15) is 14.7 Å². The summed E-state index contributed by atoms with van der Waals surface area (Å²) < 4.78 is 5.00. The number of rotatable bonds is 5. The van der Waals surface area contributed by atoms with E-state index in [0.717, 1.165) is 19.4 Å². The van der Waals surface area contributed by atoms with Crippen molar-refractivity contribution in [2.45, 2.75) is 25.4 Å². The standard InChI is InChI=1S/C16H20N2O5/c19-13(5-7-18-6-1-2-11(9-18)15(20)21)10-3-4-12-14(8-10)23-16(22)17-12/h3-4,8,11,13,19H,1-2,5-7,9H2,(H,17,22)(H,20,21). The highest BCUT2D eigenvalue weighted by Crippen LogP contribution is 2.23. The Morgan fingerprint density at radius 2 is 2.30 bits per heavy atom. The third kappa shape index (κ3) is 3.62. The van der Waals surface area contributed by atoms with Gasteiger partial charge in [0.25, 0.3) is 0 Å². The molecule has 0 saturated carbocycles. The van der Waals surface area contributed by atoms with Crippen LogP contribution in [0.25, 0.3) is 11.1 Å². The monoisotopic (exact) mass is 320 g/mol. The predicted octanol–water partition coefficient (Wildman–Crippen LogP) is 1.34. The molecule has 3 N–H and O–H groups in total. The molecule has 1 aliphatic rings. The molecule has 1 fully saturated rings. The van der Waals surface area contributed by atoms with Crippen LogP contribution in [0.3, 0.4) is 0 Å². The van der Waals surface area contributed by atoms with Gasteiger partial charge in [0.1, 0.15) is 0 Å². The fraction of sp³-hybridized carbons (Fsp3) is 0.500. The van der Waals surface area contributed by atoms with Crippen LogP contribution >= 0.6 is 0 Å². The SMILES string of the molecule is O=C(O)C1CCCN(CCC(O)c2ccc3[nH]c(=O)oc3c2)C1. The first kappa shape index (κ1) is 15.8. The number of hydrogen-bond acceptors (Lipinski definition) is 5. The molecule has 124 valence electrons. The number of carboxylic acids is 1. The summed E-state index contributed by atoms with van der Waals surface area (Å²) in [7, 11) is 0. The number of aliphatic carboxylic acids is 1. The van der Waals surface area contributed by atoms with Gasteiger partial charge in [-0.15, -0.1) is 0 Å². The molecule has 2 heterocycles. The van der Waals surface area contributed by atoms with Gasteiger partial charge in [-0.2, -0.15) is 0 Å². The molecule has 2 atom stereocenters. The fourth-order valence-electron chi connectivity index (χ4n) is 3.10. The van der Waals surface area contributed by atoms with E-state index in [2.05, 4.69) is 9.88 Å². The molecule has 0 spiro atoms. The Labute approximate surface area is 132 Å². The van der Waals surface area contributed by atoms with Crippen LogP contribution in [-0.2, 0) is 4.79 Å². The first-order valence-corrected chi connectivity index (χ1v) is 7.79. The minimum Gasteiger partial charge on any atom is -0.481 e. The molecular weight excluding hydrogens is 300 g/mol. The summed E-state index contributed by atoms with van der Waals surface area (Å²) in [5, 5.41) is 19.4. The molecule has 1 aromatic carbocycles. The lowest BCUT2D eigenvalue weighted by molar-refractivity contribution is -0.143. The van der Waals surface area contributed by atoms with Gasteiger partial charge in [-0.1, -0.05) is 6.07 Å². The van der Waals surface area contributed by atoms with Gasteiger partial charge in [0.05, 0.1) is 17.5 Å². The Hall–Kier alpha value is -2.12. The molecular formula is C16H20N2O5. The van der Waals surface area contributed by atoms with Crippen LogP contribution in [0.15, 0.2) is 27.4 Å². The number of aromatic amines is 1. The second-order valence-electron chi connectivity index (χ2n) is 6.05. The number of hydrogen-bond donors (Lipinski definition) is 3. The van der Waals surface area contributed by atoms with Gasteiger partial charge in [0, 0.05) is 13.1 Å². The zero-order valence-corrected chi connectivity index (χ0v) is 12.7. The fourth-order valence-corrected chi connectivity index (χ4v) is 3.10. The highest BCUT2D eigenvalue weighted by Gasteiger charge is 2.25. The number of nitrogens with zero attached hydrogens (tertiary/aromatic N) is 1. The number of aromatic nitrogens is 1. The van der Waals surface area contributed by atoms with Crippen molar-refractivity contribution in [3.05, 3.63) is 34.3 Å². The molecule has 0 bridgehead atoms. The first-order valence-electron chi connectivity index (χ1n) is 7.79. The Morgan fingerprint density at radius 1 is 1.48 bits per heavy atom. The number of H-pyrrole nitrogens is 1. The minimum absolute atomic E-state index is 0.314. The highest BCUT2D eigenvalue weighted by molar-refractivity contribution is 5.72. The van der Waals surface area contributed by atoms with E-state index in [-0.39, 0.29) is 5.92 Å². The molecule has 3 rings (SSSR count). The zero-order valence-electron chi connectivity index (χ0n) is 12.7. The Balaban J connectivity index is 1.60. The van der Waals surface area contributed by atoms with E-state index in [1.54, 1.807) is 18.2 Å². The normalized spacial score (nSPS) is 20.7. The number of oxazole rings is 1. The zero-order chi connectivity index (χ0) is 16.4. The molecule has 0 radical (unpaired) electrons. The molecule has 0 aliphatic carbocycles. The predicted molar refractivity (Wildman–Crippen MR) is 83.2 cm³/mol. The van der Waals surface area contributed by atoms with Crippen molar-refractivity contribution < 1.29 is 19.4 Å². The number of likely N-dealkylation sites (tertiary alicyclic amines) is 1. The van der Waals surface area contributed by atoms with Crippen molar-refractivity contribution >= 4 is 17.1 Å². The average Bonchev–Trinajstić information content (AvgIpc) is 2.91. The summed E-state index contributed by atoms with van der Waals surface area (Å²) in [6.45, 7) is 2.04. The third-order valence-electron chi connectivity index (χ3n) is 4.40. The molecule has 7 nitrogen and oxygen atoms in total. The topological polar surface area (TPSA) is 107 Å². The van der Waals surface area contributed by atoms with Crippen LogP contribution in [0.2, 0.25) is 0 Å². The molecule has 23 heavy (non-hydrogen) atoms. The van der Waals surface area contributed by atoms with Crippen molar-refractivity contribution in [2.24, 2.45) is 5.92 Å². The Morgan fingerprint density at radius 3 is 3.09 bits per heavy atom. The molecule has 0 amide bonds.